The molecule has 1 aliphatic carbocycles. The molecule has 2 nitrogen and oxygen atoms in total. The summed E-state index contributed by atoms with van der Waals surface area (Å²) in [6, 6.07) is 0. The van der Waals surface area contributed by atoms with Gasteiger partial charge in [0.2, 0.25) is 0 Å². The molecular formula is C12H25NO. The van der Waals surface area contributed by atoms with E-state index in [2.05, 4.69) is 6.92 Å². The third-order valence-electron chi connectivity index (χ3n) is 3.45. The first-order chi connectivity index (χ1) is 6.66. The van der Waals surface area contributed by atoms with Crippen molar-refractivity contribution in [2.24, 2.45) is 5.73 Å². The highest BCUT2D eigenvalue weighted by Crippen LogP contribution is 2.28. The Balaban J connectivity index is 2.41. The molecule has 0 aliphatic heterocycles. The molecule has 0 amide bonds. The fourth-order valence-corrected chi connectivity index (χ4v) is 2.47. The number of nitrogens with two attached hydrogens (primary N) is 1. The Morgan fingerprint density at radius 2 is 1.64 bits per heavy atom. The molecule has 2 N–H and O–H groups in total. The molecule has 0 spiro atoms. The number of ether oxygens (including phenoxy) is 1. The van der Waals surface area contributed by atoms with Crippen LogP contribution in [0.3, 0.4) is 0 Å². The number of rotatable bonds is 3. The van der Waals surface area contributed by atoms with Gasteiger partial charge in [-0.25, -0.2) is 0 Å². The molecule has 1 atom stereocenters. The van der Waals surface area contributed by atoms with Gasteiger partial charge in [-0.05, 0) is 26.2 Å². The molecule has 0 saturated heterocycles. The third-order valence-corrected chi connectivity index (χ3v) is 3.45. The molecule has 0 radical (unpaired) electrons. The van der Waals surface area contributed by atoms with Crippen LogP contribution in [0.15, 0.2) is 0 Å². The molecule has 0 aromatic rings. The zero-order valence-electron chi connectivity index (χ0n) is 9.72. The summed E-state index contributed by atoms with van der Waals surface area (Å²) < 4.78 is 5.31. The Morgan fingerprint density at radius 1 is 1.14 bits per heavy atom. The van der Waals surface area contributed by atoms with Crippen molar-refractivity contribution in [1.82, 2.24) is 0 Å². The van der Waals surface area contributed by atoms with Crippen molar-refractivity contribution in [3.05, 3.63) is 0 Å². The van der Waals surface area contributed by atoms with Crippen molar-refractivity contribution < 1.29 is 4.74 Å². The summed E-state index contributed by atoms with van der Waals surface area (Å²) in [6.07, 6.45) is 10.4. The molecule has 1 unspecified atom stereocenters. The average Bonchev–Trinajstić information content (AvgIpc) is 2.12. The van der Waals surface area contributed by atoms with Gasteiger partial charge in [0.15, 0.2) is 0 Å². The van der Waals surface area contributed by atoms with Crippen LogP contribution in [0.2, 0.25) is 0 Å². The average molecular weight is 199 g/mol. The highest BCUT2D eigenvalue weighted by atomic mass is 16.5. The normalized spacial score (nSPS) is 25.1. The van der Waals surface area contributed by atoms with Gasteiger partial charge in [0.05, 0.1) is 6.10 Å². The standard InChI is InChI=1S/C12H25NO/c1-11(14-2)10-12(13)8-6-4-3-5-7-9-12/h11H,3-10,13H2,1-2H3. The van der Waals surface area contributed by atoms with E-state index in [1.807, 2.05) is 0 Å². The Kier molecular flexibility index (Phi) is 4.90. The minimum atomic E-state index is 0.0514. The first-order valence-corrected chi connectivity index (χ1v) is 5.98. The van der Waals surface area contributed by atoms with Crippen LogP contribution in [0.5, 0.6) is 0 Å². The summed E-state index contributed by atoms with van der Waals surface area (Å²) in [5.74, 6) is 0. The smallest absolute Gasteiger partial charge is 0.0560 e. The van der Waals surface area contributed by atoms with E-state index < -0.39 is 0 Å². The van der Waals surface area contributed by atoms with Gasteiger partial charge in [-0.2, -0.15) is 0 Å². The maximum absolute atomic E-state index is 6.42. The Labute approximate surface area is 88.2 Å². The molecule has 1 rings (SSSR count). The third kappa shape index (κ3) is 3.97. The number of methoxy groups -OCH3 is 1. The summed E-state index contributed by atoms with van der Waals surface area (Å²) >= 11 is 0. The van der Waals surface area contributed by atoms with E-state index in [0.717, 1.165) is 6.42 Å². The maximum atomic E-state index is 6.42. The molecule has 0 aromatic carbocycles. The Bertz CT molecular complexity index is 150. The minimum Gasteiger partial charge on any atom is -0.382 e. The van der Waals surface area contributed by atoms with Crippen LogP contribution in [0, 0.1) is 0 Å². The SMILES string of the molecule is COC(C)CC1(N)CCCCCCC1. The minimum absolute atomic E-state index is 0.0514. The summed E-state index contributed by atoms with van der Waals surface area (Å²) in [5.41, 5.74) is 6.48. The van der Waals surface area contributed by atoms with Gasteiger partial charge >= 0.3 is 0 Å². The van der Waals surface area contributed by atoms with E-state index in [1.165, 1.54) is 44.9 Å². The highest BCUT2D eigenvalue weighted by Gasteiger charge is 2.27. The first kappa shape index (κ1) is 12.0. The zero-order valence-corrected chi connectivity index (χ0v) is 9.72. The second kappa shape index (κ2) is 5.72. The van der Waals surface area contributed by atoms with Crippen LogP contribution >= 0.6 is 0 Å². The van der Waals surface area contributed by atoms with Crippen molar-refractivity contribution in [2.75, 3.05) is 7.11 Å². The second-order valence-corrected chi connectivity index (χ2v) is 4.88. The fraction of sp³-hybridized carbons (Fsp3) is 1.00. The lowest BCUT2D eigenvalue weighted by molar-refractivity contribution is 0.0811. The van der Waals surface area contributed by atoms with Crippen LogP contribution in [0.1, 0.15) is 58.3 Å². The number of hydrogen-bond acceptors (Lipinski definition) is 2. The molecule has 2 heteroatoms. The second-order valence-electron chi connectivity index (χ2n) is 4.88. The van der Waals surface area contributed by atoms with Gasteiger partial charge < -0.3 is 10.5 Å². The summed E-state index contributed by atoms with van der Waals surface area (Å²) in [4.78, 5) is 0. The lowest BCUT2D eigenvalue weighted by Gasteiger charge is -2.33. The zero-order chi connectivity index (χ0) is 10.4. The van der Waals surface area contributed by atoms with Crippen molar-refractivity contribution in [1.29, 1.82) is 0 Å². The quantitative estimate of drug-likeness (QED) is 0.758. The molecule has 1 saturated carbocycles. The molecule has 1 fully saturated rings. The van der Waals surface area contributed by atoms with Gasteiger partial charge in [-0.3, -0.25) is 0 Å². The first-order valence-electron chi connectivity index (χ1n) is 5.98. The van der Waals surface area contributed by atoms with E-state index in [1.54, 1.807) is 7.11 Å². The predicted molar refractivity (Wildman–Crippen MR) is 60.3 cm³/mol. The van der Waals surface area contributed by atoms with E-state index in [9.17, 15) is 0 Å². The Morgan fingerprint density at radius 3 is 2.14 bits per heavy atom. The van der Waals surface area contributed by atoms with Crippen LogP contribution in [-0.2, 0) is 4.74 Å². The van der Waals surface area contributed by atoms with Gasteiger partial charge in [-0.1, -0.05) is 32.1 Å². The van der Waals surface area contributed by atoms with Gasteiger partial charge in [0.1, 0.15) is 0 Å². The highest BCUT2D eigenvalue weighted by molar-refractivity contribution is 4.87. The van der Waals surface area contributed by atoms with Crippen molar-refractivity contribution in [2.45, 2.75) is 69.9 Å². The lowest BCUT2D eigenvalue weighted by Crippen LogP contribution is -2.43. The van der Waals surface area contributed by atoms with Crippen LogP contribution in [0.4, 0.5) is 0 Å². The number of hydrogen-bond donors (Lipinski definition) is 1. The summed E-state index contributed by atoms with van der Waals surface area (Å²) in [5, 5.41) is 0. The van der Waals surface area contributed by atoms with Gasteiger partial charge in [-0.15, -0.1) is 0 Å². The Hall–Kier alpha value is -0.0800. The van der Waals surface area contributed by atoms with Crippen molar-refractivity contribution in [3.8, 4) is 0 Å². The van der Waals surface area contributed by atoms with Crippen LogP contribution in [0.25, 0.3) is 0 Å². The van der Waals surface area contributed by atoms with Gasteiger partial charge in [0.25, 0.3) is 0 Å². The fourth-order valence-electron chi connectivity index (χ4n) is 2.47. The molecule has 1 aliphatic rings. The summed E-state index contributed by atoms with van der Waals surface area (Å²) in [6.45, 7) is 2.12. The van der Waals surface area contributed by atoms with Crippen LogP contribution in [-0.4, -0.2) is 18.8 Å². The van der Waals surface area contributed by atoms with Crippen LogP contribution < -0.4 is 5.73 Å². The van der Waals surface area contributed by atoms with E-state index in [4.69, 9.17) is 10.5 Å². The van der Waals surface area contributed by atoms with Crippen molar-refractivity contribution in [3.63, 3.8) is 0 Å². The van der Waals surface area contributed by atoms with E-state index in [0.29, 0.717) is 6.10 Å². The molecular weight excluding hydrogens is 174 g/mol. The lowest BCUT2D eigenvalue weighted by atomic mass is 9.81. The molecule has 0 aromatic heterocycles. The molecule has 0 heterocycles. The van der Waals surface area contributed by atoms with Crippen molar-refractivity contribution >= 4 is 0 Å². The molecule has 14 heavy (non-hydrogen) atoms. The monoisotopic (exact) mass is 199 g/mol. The topological polar surface area (TPSA) is 35.2 Å². The predicted octanol–water partition coefficient (Wildman–Crippen LogP) is 2.85. The molecule has 0 bridgehead atoms. The van der Waals surface area contributed by atoms with Gasteiger partial charge in [0, 0.05) is 12.6 Å². The van der Waals surface area contributed by atoms with E-state index in [-0.39, 0.29) is 5.54 Å². The van der Waals surface area contributed by atoms with E-state index >= 15 is 0 Å². The summed E-state index contributed by atoms with van der Waals surface area (Å²) in [7, 11) is 1.77. The largest absolute Gasteiger partial charge is 0.382 e. The maximum Gasteiger partial charge on any atom is 0.0560 e. The molecule has 84 valence electrons.